The highest BCUT2D eigenvalue weighted by Gasteiger charge is 2.16. The molecule has 0 saturated carbocycles. The van der Waals surface area contributed by atoms with Crippen molar-refractivity contribution in [1.29, 1.82) is 0 Å². The first kappa shape index (κ1) is 17.5. The number of sulfonamides is 1. The lowest BCUT2D eigenvalue weighted by Gasteiger charge is -2.08. The number of nitrogens with one attached hydrogen (secondary N) is 1. The van der Waals surface area contributed by atoms with E-state index in [9.17, 15) is 8.42 Å². The van der Waals surface area contributed by atoms with E-state index in [0.29, 0.717) is 17.3 Å². The van der Waals surface area contributed by atoms with Gasteiger partial charge in [0.1, 0.15) is 5.75 Å². The van der Waals surface area contributed by atoms with E-state index < -0.39 is 10.0 Å². The Morgan fingerprint density at radius 3 is 2.44 bits per heavy atom. The molecule has 0 fully saturated rings. The van der Waals surface area contributed by atoms with Gasteiger partial charge in [-0.25, -0.2) is 13.1 Å². The molecule has 0 aliphatic carbocycles. The molecule has 0 unspecified atom stereocenters. The van der Waals surface area contributed by atoms with Crippen LogP contribution >= 0.6 is 15.9 Å². The van der Waals surface area contributed by atoms with E-state index in [0.717, 1.165) is 4.47 Å². The molecule has 0 atom stereocenters. The van der Waals surface area contributed by atoms with E-state index in [1.807, 2.05) is 0 Å². The Labute approximate surface area is 153 Å². The van der Waals surface area contributed by atoms with Gasteiger partial charge in [-0.05, 0) is 59.0 Å². The molecule has 10 heteroatoms. The molecule has 1 aromatic heterocycles. The van der Waals surface area contributed by atoms with Crippen molar-refractivity contribution in [1.82, 2.24) is 24.9 Å². The van der Waals surface area contributed by atoms with Crippen LogP contribution < -0.4 is 9.46 Å². The van der Waals surface area contributed by atoms with Crippen molar-refractivity contribution in [3.8, 4) is 11.4 Å². The highest BCUT2D eigenvalue weighted by molar-refractivity contribution is 9.10. The van der Waals surface area contributed by atoms with Crippen molar-refractivity contribution in [3.05, 3.63) is 58.8 Å². The second-order valence-electron chi connectivity index (χ2n) is 4.98. The van der Waals surface area contributed by atoms with E-state index >= 15 is 0 Å². The maximum Gasteiger partial charge on any atom is 0.240 e. The summed E-state index contributed by atoms with van der Waals surface area (Å²) in [6, 6.07) is 13.5. The van der Waals surface area contributed by atoms with Gasteiger partial charge in [-0.1, -0.05) is 15.9 Å². The summed E-state index contributed by atoms with van der Waals surface area (Å²) in [5.41, 5.74) is 0.698. The Balaban J connectivity index is 1.78. The Morgan fingerprint density at radius 2 is 1.80 bits per heavy atom. The number of hydrogen-bond donors (Lipinski definition) is 1. The van der Waals surface area contributed by atoms with Crippen molar-refractivity contribution in [2.75, 3.05) is 7.11 Å². The van der Waals surface area contributed by atoms with Crippen LogP contribution in [0.3, 0.4) is 0 Å². The van der Waals surface area contributed by atoms with Gasteiger partial charge in [-0.3, -0.25) is 0 Å². The quantitative estimate of drug-likeness (QED) is 0.649. The second-order valence-corrected chi connectivity index (χ2v) is 7.67. The minimum absolute atomic E-state index is 0.0442. The van der Waals surface area contributed by atoms with Crippen LogP contribution in [-0.4, -0.2) is 35.7 Å². The fourth-order valence-electron chi connectivity index (χ4n) is 2.10. The number of rotatable bonds is 6. The van der Waals surface area contributed by atoms with Crippen LogP contribution in [0.15, 0.2) is 57.9 Å². The second kappa shape index (κ2) is 7.30. The summed E-state index contributed by atoms with van der Waals surface area (Å²) in [5, 5.41) is 11.4. The molecular formula is C15H14BrN5O3S. The third-order valence-corrected chi connectivity index (χ3v) is 5.34. The Bertz CT molecular complexity index is 956. The average molecular weight is 424 g/mol. The first-order valence-corrected chi connectivity index (χ1v) is 9.44. The third kappa shape index (κ3) is 4.03. The normalized spacial score (nSPS) is 11.4. The fraction of sp³-hybridized carbons (Fsp3) is 0.133. The summed E-state index contributed by atoms with van der Waals surface area (Å²) >= 11 is 3.27. The van der Waals surface area contributed by atoms with E-state index in [2.05, 4.69) is 36.2 Å². The molecule has 0 bridgehead atoms. The summed E-state index contributed by atoms with van der Waals surface area (Å²) in [5.74, 6) is 1.07. The molecule has 0 amide bonds. The van der Waals surface area contributed by atoms with Crippen molar-refractivity contribution < 1.29 is 13.2 Å². The van der Waals surface area contributed by atoms with Gasteiger partial charge in [0.15, 0.2) is 5.82 Å². The smallest absolute Gasteiger partial charge is 0.240 e. The number of benzene rings is 2. The number of nitrogens with zero attached hydrogens (tertiary/aromatic N) is 4. The summed E-state index contributed by atoms with van der Waals surface area (Å²) < 4.78 is 34.6. The summed E-state index contributed by atoms with van der Waals surface area (Å²) in [6.07, 6.45) is 0. The van der Waals surface area contributed by atoms with Crippen molar-refractivity contribution in [2.45, 2.75) is 11.4 Å². The molecule has 3 rings (SSSR count). The zero-order valence-electron chi connectivity index (χ0n) is 13.1. The standard InChI is InChI=1S/C15H14BrN5O3S/c1-24-13-6-4-12(5-7-13)21-15(18-19-20-21)10-17-25(22,23)14-8-2-11(16)3-9-14/h2-9,17H,10H2,1H3. The minimum atomic E-state index is -3.66. The van der Waals surface area contributed by atoms with Crippen molar-refractivity contribution in [3.63, 3.8) is 0 Å². The highest BCUT2D eigenvalue weighted by atomic mass is 79.9. The number of hydrogen-bond acceptors (Lipinski definition) is 6. The van der Waals surface area contributed by atoms with Crippen molar-refractivity contribution >= 4 is 26.0 Å². The van der Waals surface area contributed by atoms with E-state index in [1.165, 1.54) is 16.8 Å². The zero-order chi connectivity index (χ0) is 17.9. The van der Waals surface area contributed by atoms with Gasteiger partial charge in [0, 0.05) is 4.47 Å². The molecule has 3 aromatic rings. The maximum atomic E-state index is 12.3. The maximum absolute atomic E-state index is 12.3. The predicted molar refractivity (Wildman–Crippen MR) is 93.9 cm³/mol. The number of tetrazole rings is 1. The molecule has 1 N–H and O–H groups in total. The molecule has 25 heavy (non-hydrogen) atoms. The highest BCUT2D eigenvalue weighted by Crippen LogP contribution is 2.16. The predicted octanol–water partition coefficient (Wildman–Crippen LogP) is 1.91. The van der Waals surface area contributed by atoms with Crippen LogP contribution in [0.2, 0.25) is 0 Å². The van der Waals surface area contributed by atoms with Gasteiger partial charge < -0.3 is 4.74 Å². The van der Waals surface area contributed by atoms with E-state index in [4.69, 9.17) is 4.74 Å². The monoisotopic (exact) mass is 423 g/mol. The van der Waals surface area contributed by atoms with Crippen molar-refractivity contribution in [2.24, 2.45) is 0 Å². The molecule has 2 aromatic carbocycles. The number of methoxy groups -OCH3 is 1. The fourth-order valence-corrected chi connectivity index (χ4v) is 3.34. The third-order valence-electron chi connectivity index (χ3n) is 3.40. The van der Waals surface area contributed by atoms with Gasteiger partial charge in [0.2, 0.25) is 10.0 Å². The lowest BCUT2D eigenvalue weighted by atomic mass is 10.3. The van der Waals surface area contributed by atoms with Gasteiger partial charge in [0.05, 0.1) is 24.2 Å². The Morgan fingerprint density at radius 1 is 1.12 bits per heavy atom. The molecule has 0 spiro atoms. The molecule has 0 aliphatic heterocycles. The van der Waals surface area contributed by atoms with Crippen LogP contribution in [0, 0.1) is 0 Å². The molecule has 1 heterocycles. The van der Waals surface area contributed by atoms with Gasteiger partial charge in [-0.15, -0.1) is 5.10 Å². The Hall–Kier alpha value is -2.30. The molecule has 8 nitrogen and oxygen atoms in total. The minimum Gasteiger partial charge on any atom is -0.497 e. The topological polar surface area (TPSA) is 99.0 Å². The van der Waals surface area contributed by atoms with Gasteiger partial charge >= 0.3 is 0 Å². The first-order chi connectivity index (χ1) is 12.0. The largest absolute Gasteiger partial charge is 0.497 e. The van der Waals surface area contributed by atoms with Crippen LogP contribution in [-0.2, 0) is 16.6 Å². The molecule has 0 saturated heterocycles. The van der Waals surface area contributed by atoms with Crippen LogP contribution in [0.5, 0.6) is 5.75 Å². The average Bonchev–Trinajstić information content (AvgIpc) is 3.09. The lowest BCUT2D eigenvalue weighted by Crippen LogP contribution is -2.25. The number of halogens is 1. The summed E-state index contributed by atoms with van der Waals surface area (Å²) in [4.78, 5) is 0.166. The van der Waals surface area contributed by atoms with Crippen LogP contribution in [0.1, 0.15) is 5.82 Å². The molecule has 130 valence electrons. The summed E-state index contributed by atoms with van der Waals surface area (Å²) in [7, 11) is -2.08. The van der Waals surface area contributed by atoms with Gasteiger partial charge in [0.25, 0.3) is 0 Å². The lowest BCUT2D eigenvalue weighted by molar-refractivity contribution is 0.414. The van der Waals surface area contributed by atoms with E-state index in [1.54, 1.807) is 43.5 Å². The first-order valence-electron chi connectivity index (χ1n) is 7.16. The number of ether oxygens (including phenoxy) is 1. The molecule has 0 aliphatic rings. The van der Waals surface area contributed by atoms with E-state index in [-0.39, 0.29) is 11.4 Å². The number of aromatic nitrogens is 4. The van der Waals surface area contributed by atoms with Crippen LogP contribution in [0.4, 0.5) is 0 Å². The molecule has 0 radical (unpaired) electrons. The zero-order valence-corrected chi connectivity index (χ0v) is 15.5. The Kier molecular flexibility index (Phi) is 5.11. The van der Waals surface area contributed by atoms with Gasteiger partial charge in [-0.2, -0.15) is 4.68 Å². The molecular weight excluding hydrogens is 410 g/mol. The van der Waals surface area contributed by atoms with Crippen LogP contribution in [0.25, 0.3) is 5.69 Å². The summed E-state index contributed by atoms with van der Waals surface area (Å²) in [6.45, 7) is -0.0442. The SMILES string of the molecule is COc1ccc(-n2nnnc2CNS(=O)(=O)c2ccc(Br)cc2)cc1.